The average Bonchev–Trinajstić information content (AvgIpc) is 3.14. The summed E-state index contributed by atoms with van der Waals surface area (Å²) < 4.78 is 43.5. The van der Waals surface area contributed by atoms with Gasteiger partial charge in [0, 0.05) is 17.3 Å². The van der Waals surface area contributed by atoms with E-state index in [-0.39, 0.29) is 24.2 Å². The van der Waals surface area contributed by atoms with Crippen molar-refractivity contribution < 1.29 is 27.5 Å². The zero-order chi connectivity index (χ0) is 25.2. The molecule has 186 valence electrons. The number of benzene rings is 2. The molecule has 0 spiro atoms. The van der Waals surface area contributed by atoms with Crippen molar-refractivity contribution >= 4 is 34.9 Å². The van der Waals surface area contributed by atoms with Crippen molar-refractivity contribution in [1.82, 2.24) is 14.9 Å². The number of imidazole rings is 1. The monoisotopic (exact) mass is 488 g/mol. The van der Waals surface area contributed by atoms with E-state index in [4.69, 9.17) is 4.98 Å². The smallest absolute Gasteiger partial charge is 0.406 e. The fraction of sp³-hybridized carbons (Fsp3) is 0.400. The minimum Gasteiger partial charge on any atom is -0.406 e. The molecule has 3 aromatic rings. The summed E-state index contributed by atoms with van der Waals surface area (Å²) >= 11 is 0. The lowest BCUT2D eigenvalue weighted by Gasteiger charge is -2.33. The second-order valence-electron chi connectivity index (χ2n) is 9.15. The van der Waals surface area contributed by atoms with Crippen LogP contribution in [-0.4, -0.2) is 34.7 Å². The Morgan fingerprint density at radius 3 is 2.43 bits per heavy atom. The molecule has 2 atom stereocenters. The largest absolute Gasteiger partial charge is 0.573 e. The van der Waals surface area contributed by atoms with Crippen LogP contribution < -0.4 is 15.4 Å². The molecule has 7 nitrogen and oxygen atoms in total. The number of alkyl halides is 3. The van der Waals surface area contributed by atoms with Gasteiger partial charge in [-0.25, -0.2) is 4.98 Å². The summed E-state index contributed by atoms with van der Waals surface area (Å²) in [5, 5.41) is 5.78. The first-order chi connectivity index (χ1) is 16.6. The third kappa shape index (κ3) is 5.93. The minimum absolute atomic E-state index is 0.0748. The van der Waals surface area contributed by atoms with Crippen LogP contribution in [0.1, 0.15) is 49.5 Å². The fourth-order valence-electron chi connectivity index (χ4n) is 4.91. The highest BCUT2D eigenvalue weighted by atomic mass is 19.4. The van der Waals surface area contributed by atoms with Gasteiger partial charge in [0.25, 0.3) is 5.91 Å². The summed E-state index contributed by atoms with van der Waals surface area (Å²) in [7, 11) is 0. The zero-order valence-corrected chi connectivity index (χ0v) is 19.4. The standard InChI is InChI=1S/C25H27F3N4O3/c1-15-11-16(2)13-19(12-15)32-22-14-17(23(34)29-9-10-33)3-8-21(22)31-24(32)30-18-4-6-20(7-5-18)35-25(26,27)28/h3-8,10,14-16,19H,9,11-13H2,1-2H3,(H,29,34)(H,30,31). The number of nitrogens with zero attached hydrogens (tertiary/aromatic N) is 2. The number of carbonyl (C=O) groups excluding carboxylic acids is 2. The predicted molar refractivity (Wildman–Crippen MR) is 126 cm³/mol. The van der Waals surface area contributed by atoms with Crippen LogP contribution in [0.3, 0.4) is 0 Å². The maximum atomic E-state index is 12.5. The molecule has 1 aliphatic carbocycles. The van der Waals surface area contributed by atoms with Crippen molar-refractivity contribution in [3.05, 3.63) is 48.0 Å². The Hall–Kier alpha value is -3.56. The van der Waals surface area contributed by atoms with E-state index in [0.29, 0.717) is 40.8 Å². The van der Waals surface area contributed by atoms with Gasteiger partial charge in [0.2, 0.25) is 5.95 Å². The molecular weight excluding hydrogens is 461 g/mol. The molecular formula is C25H27F3N4O3. The second kappa shape index (κ2) is 9.97. The molecule has 2 N–H and O–H groups in total. The van der Waals surface area contributed by atoms with Crippen molar-refractivity contribution in [2.45, 2.75) is 45.5 Å². The number of rotatable bonds is 7. The van der Waals surface area contributed by atoms with Crippen molar-refractivity contribution in [3.8, 4) is 5.75 Å². The van der Waals surface area contributed by atoms with Crippen LogP contribution in [0, 0.1) is 11.8 Å². The van der Waals surface area contributed by atoms with Crippen LogP contribution in [0.15, 0.2) is 42.5 Å². The van der Waals surface area contributed by atoms with Gasteiger partial charge in [-0.05, 0) is 73.6 Å². The summed E-state index contributed by atoms with van der Waals surface area (Å²) in [6.07, 6.45) is -1.13. The summed E-state index contributed by atoms with van der Waals surface area (Å²) in [6.45, 7) is 4.35. The first-order valence-corrected chi connectivity index (χ1v) is 11.5. The van der Waals surface area contributed by atoms with Gasteiger partial charge in [-0.3, -0.25) is 4.79 Å². The Kier molecular flexibility index (Phi) is 7.00. The number of hydrogen-bond donors (Lipinski definition) is 2. The van der Waals surface area contributed by atoms with Gasteiger partial charge in [0.15, 0.2) is 0 Å². The molecule has 2 unspecified atom stereocenters. The number of hydrogen-bond acceptors (Lipinski definition) is 5. The molecule has 1 fully saturated rings. The minimum atomic E-state index is -4.76. The van der Waals surface area contributed by atoms with Crippen molar-refractivity contribution in [2.24, 2.45) is 11.8 Å². The SMILES string of the molecule is CC1CC(C)CC(n2c(Nc3ccc(OC(F)(F)F)cc3)nc3ccc(C(=O)NCC=O)cc32)C1. The van der Waals surface area contributed by atoms with Crippen LogP contribution in [0.5, 0.6) is 5.75 Å². The highest BCUT2D eigenvalue weighted by Crippen LogP contribution is 2.40. The molecule has 0 aliphatic heterocycles. The number of ether oxygens (including phenoxy) is 1. The van der Waals surface area contributed by atoms with E-state index < -0.39 is 6.36 Å². The summed E-state index contributed by atoms with van der Waals surface area (Å²) in [4.78, 5) is 27.8. The number of nitrogens with one attached hydrogen (secondary N) is 2. The molecule has 1 heterocycles. The molecule has 4 rings (SSSR count). The zero-order valence-electron chi connectivity index (χ0n) is 19.4. The van der Waals surface area contributed by atoms with Gasteiger partial charge in [0.1, 0.15) is 12.0 Å². The Morgan fingerprint density at radius 2 is 1.80 bits per heavy atom. The summed E-state index contributed by atoms with van der Waals surface area (Å²) in [6, 6.07) is 10.8. The van der Waals surface area contributed by atoms with Gasteiger partial charge < -0.3 is 24.7 Å². The van der Waals surface area contributed by atoms with Gasteiger partial charge in [0.05, 0.1) is 17.6 Å². The van der Waals surface area contributed by atoms with Crippen molar-refractivity contribution in [2.75, 3.05) is 11.9 Å². The third-order valence-corrected chi connectivity index (χ3v) is 6.16. The molecule has 0 radical (unpaired) electrons. The number of fused-ring (bicyclic) bond motifs is 1. The first-order valence-electron chi connectivity index (χ1n) is 11.5. The van der Waals surface area contributed by atoms with Gasteiger partial charge >= 0.3 is 6.36 Å². The lowest BCUT2D eigenvalue weighted by molar-refractivity contribution is -0.274. The Balaban J connectivity index is 1.71. The average molecular weight is 489 g/mol. The van der Waals surface area contributed by atoms with Crippen LogP contribution >= 0.6 is 0 Å². The van der Waals surface area contributed by atoms with E-state index in [1.54, 1.807) is 18.2 Å². The molecule has 35 heavy (non-hydrogen) atoms. The van der Waals surface area contributed by atoms with Gasteiger partial charge in [-0.1, -0.05) is 13.8 Å². The number of carbonyl (C=O) groups is 2. The maximum absolute atomic E-state index is 12.5. The van der Waals surface area contributed by atoms with Crippen LogP contribution in [-0.2, 0) is 4.79 Å². The normalized spacial score (nSPS) is 20.4. The molecule has 10 heteroatoms. The summed E-state index contributed by atoms with van der Waals surface area (Å²) in [5.74, 6) is 0.893. The van der Waals surface area contributed by atoms with Crippen LogP contribution in [0.4, 0.5) is 24.8 Å². The highest BCUT2D eigenvalue weighted by Gasteiger charge is 2.31. The fourth-order valence-corrected chi connectivity index (χ4v) is 4.91. The lowest BCUT2D eigenvalue weighted by Crippen LogP contribution is -2.25. The Bertz CT molecular complexity index is 1200. The molecule has 1 aromatic heterocycles. The number of amides is 1. The lowest BCUT2D eigenvalue weighted by atomic mass is 9.80. The second-order valence-corrected chi connectivity index (χ2v) is 9.15. The number of anilines is 2. The molecule has 0 saturated heterocycles. The summed E-state index contributed by atoms with van der Waals surface area (Å²) in [5.41, 5.74) is 2.42. The van der Waals surface area contributed by atoms with Crippen molar-refractivity contribution in [1.29, 1.82) is 0 Å². The van der Waals surface area contributed by atoms with Gasteiger partial charge in [-0.2, -0.15) is 0 Å². The highest BCUT2D eigenvalue weighted by molar-refractivity contribution is 5.98. The van der Waals surface area contributed by atoms with E-state index >= 15 is 0 Å². The molecule has 1 saturated carbocycles. The molecule has 2 aromatic carbocycles. The van der Waals surface area contributed by atoms with Crippen LogP contribution in [0.2, 0.25) is 0 Å². The van der Waals surface area contributed by atoms with Crippen molar-refractivity contribution in [3.63, 3.8) is 0 Å². The van der Waals surface area contributed by atoms with Crippen LogP contribution in [0.25, 0.3) is 11.0 Å². The topological polar surface area (TPSA) is 85.2 Å². The number of aldehydes is 1. The van der Waals surface area contributed by atoms with E-state index in [9.17, 15) is 22.8 Å². The maximum Gasteiger partial charge on any atom is 0.573 e. The van der Waals surface area contributed by atoms with Gasteiger partial charge in [-0.15, -0.1) is 13.2 Å². The first kappa shape index (κ1) is 24.6. The van der Waals surface area contributed by atoms with E-state index in [1.165, 1.54) is 24.3 Å². The van der Waals surface area contributed by atoms with E-state index in [2.05, 4.69) is 33.8 Å². The Morgan fingerprint density at radius 1 is 1.11 bits per heavy atom. The third-order valence-electron chi connectivity index (χ3n) is 6.16. The predicted octanol–water partition coefficient (Wildman–Crippen LogP) is 5.60. The molecule has 0 bridgehead atoms. The molecule has 1 amide bonds. The van der Waals surface area contributed by atoms with E-state index in [0.717, 1.165) is 24.8 Å². The van der Waals surface area contributed by atoms with E-state index in [1.807, 2.05) is 0 Å². The number of aromatic nitrogens is 2. The number of halogens is 3. The molecule has 1 aliphatic rings. The quantitative estimate of drug-likeness (QED) is 0.423. The Labute approximate surface area is 200 Å².